The number of nitrogens with zero attached hydrogens (tertiary/aromatic N) is 1. The molecule has 0 aromatic carbocycles. The molecule has 2 nitrogen and oxygen atoms in total. The molecule has 1 saturated heterocycles. The van der Waals surface area contributed by atoms with E-state index in [0.29, 0.717) is 0 Å². The number of rotatable bonds is 9. The molecule has 16 heavy (non-hydrogen) atoms. The number of unbranched alkanes of at least 4 members (excludes halogenated alkanes) is 1. The Labute approximate surface area is 102 Å². The van der Waals surface area contributed by atoms with E-state index in [2.05, 4.69) is 24.1 Å². The van der Waals surface area contributed by atoms with Crippen LogP contribution in [-0.4, -0.2) is 37.6 Å². The Morgan fingerprint density at radius 1 is 1.12 bits per heavy atom. The van der Waals surface area contributed by atoms with Crippen LogP contribution in [0.3, 0.4) is 0 Å². The highest BCUT2D eigenvalue weighted by molar-refractivity contribution is 4.75. The fraction of sp³-hybridized carbons (Fsp3) is 1.00. The summed E-state index contributed by atoms with van der Waals surface area (Å²) >= 11 is 0. The van der Waals surface area contributed by atoms with Crippen molar-refractivity contribution in [1.29, 1.82) is 0 Å². The summed E-state index contributed by atoms with van der Waals surface area (Å²) in [6.45, 7) is 11.0. The van der Waals surface area contributed by atoms with Crippen molar-refractivity contribution >= 4 is 0 Å². The quantitative estimate of drug-likeness (QED) is 0.608. The molecule has 1 fully saturated rings. The van der Waals surface area contributed by atoms with Crippen molar-refractivity contribution in [1.82, 2.24) is 10.2 Å². The topological polar surface area (TPSA) is 15.3 Å². The van der Waals surface area contributed by atoms with Crippen LogP contribution in [-0.2, 0) is 0 Å². The zero-order valence-electron chi connectivity index (χ0n) is 11.3. The average molecular weight is 226 g/mol. The molecule has 0 spiro atoms. The van der Waals surface area contributed by atoms with Crippen molar-refractivity contribution in [3.05, 3.63) is 0 Å². The van der Waals surface area contributed by atoms with Gasteiger partial charge in [-0.2, -0.15) is 0 Å². The molecule has 1 unspecified atom stereocenters. The molecule has 1 rings (SSSR count). The Hall–Kier alpha value is -0.0800. The molecular formula is C14H30N2. The molecule has 96 valence electrons. The molecule has 1 atom stereocenters. The van der Waals surface area contributed by atoms with Gasteiger partial charge in [-0.25, -0.2) is 0 Å². The molecule has 0 aromatic heterocycles. The second-order valence-electron chi connectivity index (χ2n) is 5.20. The van der Waals surface area contributed by atoms with Gasteiger partial charge in [-0.15, -0.1) is 0 Å². The summed E-state index contributed by atoms with van der Waals surface area (Å²) in [6.07, 6.45) is 8.21. The Balaban J connectivity index is 1.90. The standard InChI is InChI=1S/C14H30N2/c1-3-7-14-8-12-16(13-14)11-6-5-10-15-9-4-2/h14-15H,3-13H2,1-2H3. The first-order valence-electron chi connectivity index (χ1n) is 7.29. The first kappa shape index (κ1) is 14.0. The molecular weight excluding hydrogens is 196 g/mol. The lowest BCUT2D eigenvalue weighted by Crippen LogP contribution is -2.23. The van der Waals surface area contributed by atoms with E-state index in [1.54, 1.807) is 0 Å². The van der Waals surface area contributed by atoms with Gasteiger partial charge in [0.2, 0.25) is 0 Å². The van der Waals surface area contributed by atoms with Crippen molar-refractivity contribution in [3.8, 4) is 0 Å². The number of likely N-dealkylation sites (tertiary alicyclic amines) is 1. The SMILES string of the molecule is CCCNCCCCN1CCC(CCC)C1. The van der Waals surface area contributed by atoms with Crippen LogP contribution in [0.4, 0.5) is 0 Å². The minimum absolute atomic E-state index is 1.00. The second-order valence-corrected chi connectivity index (χ2v) is 5.20. The van der Waals surface area contributed by atoms with E-state index in [1.165, 1.54) is 71.2 Å². The normalized spacial score (nSPS) is 21.8. The largest absolute Gasteiger partial charge is 0.317 e. The number of hydrogen-bond acceptors (Lipinski definition) is 2. The molecule has 0 aromatic rings. The maximum absolute atomic E-state index is 3.47. The van der Waals surface area contributed by atoms with E-state index < -0.39 is 0 Å². The third-order valence-corrected chi connectivity index (χ3v) is 3.57. The van der Waals surface area contributed by atoms with E-state index in [0.717, 1.165) is 5.92 Å². The minimum atomic E-state index is 1.00. The van der Waals surface area contributed by atoms with E-state index in [1.807, 2.05) is 0 Å². The first-order valence-corrected chi connectivity index (χ1v) is 7.29. The van der Waals surface area contributed by atoms with E-state index in [-0.39, 0.29) is 0 Å². The van der Waals surface area contributed by atoms with Crippen molar-refractivity contribution in [2.75, 3.05) is 32.7 Å². The van der Waals surface area contributed by atoms with Crippen molar-refractivity contribution < 1.29 is 0 Å². The Bertz CT molecular complexity index is 159. The van der Waals surface area contributed by atoms with Crippen LogP contribution < -0.4 is 5.32 Å². The lowest BCUT2D eigenvalue weighted by molar-refractivity contribution is 0.312. The highest BCUT2D eigenvalue weighted by atomic mass is 15.1. The van der Waals surface area contributed by atoms with Crippen molar-refractivity contribution in [2.24, 2.45) is 5.92 Å². The van der Waals surface area contributed by atoms with Crippen LogP contribution in [0.15, 0.2) is 0 Å². The van der Waals surface area contributed by atoms with Crippen LogP contribution in [0.2, 0.25) is 0 Å². The summed E-state index contributed by atoms with van der Waals surface area (Å²) in [4.78, 5) is 2.67. The van der Waals surface area contributed by atoms with Crippen molar-refractivity contribution in [2.45, 2.75) is 52.4 Å². The molecule has 0 radical (unpaired) electrons. The van der Waals surface area contributed by atoms with Gasteiger partial charge >= 0.3 is 0 Å². The molecule has 0 saturated carbocycles. The molecule has 2 heteroatoms. The predicted octanol–water partition coefficient (Wildman–Crippen LogP) is 2.89. The summed E-state index contributed by atoms with van der Waals surface area (Å²) in [5.74, 6) is 1.00. The third kappa shape index (κ3) is 5.86. The maximum atomic E-state index is 3.47. The minimum Gasteiger partial charge on any atom is -0.317 e. The van der Waals surface area contributed by atoms with Gasteiger partial charge < -0.3 is 10.2 Å². The van der Waals surface area contributed by atoms with Gasteiger partial charge in [0.05, 0.1) is 0 Å². The van der Waals surface area contributed by atoms with E-state index in [4.69, 9.17) is 0 Å². The van der Waals surface area contributed by atoms with Gasteiger partial charge in [0.15, 0.2) is 0 Å². The van der Waals surface area contributed by atoms with Gasteiger partial charge in [0, 0.05) is 6.54 Å². The summed E-state index contributed by atoms with van der Waals surface area (Å²) in [5.41, 5.74) is 0. The molecule has 1 heterocycles. The van der Waals surface area contributed by atoms with Gasteiger partial charge in [0.1, 0.15) is 0 Å². The van der Waals surface area contributed by atoms with Gasteiger partial charge in [-0.05, 0) is 64.2 Å². The summed E-state index contributed by atoms with van der Waals surface area (Å²) in [7, 11) is 0. The monoisotopic (exact) mass is 226 g/mol. The molecule has 0 amide bonds. The maximum Gasteiger partial charge on any atom is 0.00101 e. The van der Waals surface area contributed by atoms with Crippen molar-refractivity contribution in [3.63, 3.8) is 0 Å². The van der Waals surface area contributed by atoms with Gasteiger partial charge in [-0.1, -0.05) is 20.3 Å². The third-order valence-electron chi connectivity index (χ3n) is 3.57. The van der Waals surface area contributed by atoms with Crippen LogP contribution in [0.25, 0.3) is 0 Å². The van der Waals surface area contributed by atoms with E-state index >= 15 is 0 Å². The summed E-state index contributed by atoms with van der Waals surface area (Å²) in [6, 6.07) is 0. The lowest BCUT2D eigenvalue weighted by Gasteiger charge is -2.15. The molecule has 1 aliphatic heterocycles. The Morgan fingerprint density at radius 3 is 2.75 bits per heavy atom. The van der Waals surface area contributed by atoms with Crippen LogP contribution in [0.1, 0.15) is 52.4 Å². The smallest absolute Gasteiger partial charge is 0.00101 e. The fourth-order valence-electron chi connectivity index (χ4n) is 2.65. The van der Waals surface area contributed by atoms with Gasteiger partial charge in [0.25, 0.3) is 0 Å². The Morgan fingerprint density at radius 2 is 2.00 bits per heavy atom. The highest BCUT2D eigenvalue weighted by Crippen LogP contribution is 2.20. The number of nitrogens with one attached hydrogen (secondary N) is 1. The predicted molar refractivity (Wildman–Crippen MR) is 71.8 cm³/mol. The lowest BCUT2D eigenvalue weighted by atomic mass is 10.0. The van der Waals surface area contributed by atoms with E-state index in [9.17, 15) is 0 Å². The van der Waals surface area contributed by atoms with Crippen LogP contribution >= 0.6 is 0 Å². The Kier molecular flexibility index (Phi) is 7.87. The molecule has 0 bridgehead atoms. The van der Waals surface area contributed by atoms with Crippen LogP contribution in [0, 0.1) is 5.92 Å². The fourth-order valence-corrected chi connectivity index (χ4v) is 2.65. The van der Waals surface area contributed by atoms with Gasteiger partial charge in [-0.3, -0.25) is 0 Å². The summed E-state index contributed by atoms with van der Waals surface area (Å²) in [5, 5.41) is 3.47. The van der Waals surface area contributed by atoms with Crippen LogP contribution in [0.5, 0.6) is 0 Å². The average Bonchev–Trinajstić information content (AvgIpc) is 2.72. The zero-order chi connectivity index (χ0) is 11.6. The second kappa shape index (κ2) is 9.00. The highest BCUT2D eigenvalue weighted by Gasteiger charge is 2.20. The zero-order valence-corrected chi connectivity index (χ0v) is 11.3. The molecule has 1 N–H and O–H groups in total. The number of hydrogen-bond donors (Lipinski definition) is 1. The summed E-state index contributed by atoms with van der Waals surface area (Å²) < 4.78 is 0. The first-order chi connectivity index (χ1) is 7.86. The molecule has 0 aliphatic carbocycles. The molecule has 1 aliphatic rings.